The quantitative estimate of drug-likeness (QED) is 0.644. The highest BCUT2D eigenvalue weighted by atomic mass is 35.5. The maximum atomic E-state index is 12.8. The Labute approximate surface area is 184 Å². The average Bonchev–Trinajstić information content (AvgIpc) is 3.16. The molecular formula is C21H23ClN6OS. The molecule has 1 aliphatic heterocycles. The zero-order valence-corrected chi connectivity index (χ0v) is 18.5. The molecule has 1 fully saturated rings. The van der Waals surface area contributed by atoms with Gasteiger partial charge in [-0.1, -0.05) is 30.7 Å². The van der Waals surface area contributed by atoms with E-state index in [9.17, 15) is 4.79 Å². The molecule has 0 saturated carbocycles. The van der Waals surface area contributed by atoms with Crippen LogP contribution in [0.25, 0.3) is 10.6 Å². The Hall–Kier alpha value is -2.55. The lowest BCUT2D eigenvalue weighted by Crippen LogP contribution is -2.46. The molecule has 0 atom stereocenters. The summed E-state index contributed by atoms with van der Waals surface area (Å²) in [4.78, 5) is 31.3. The van der Waals surface area contributed by atoms with E-state index in [4.69, 9.17) is 11.6 Å². The van der Waals surface area contributed by atoms with E-state index in [1.54, 1.807) is 6.20 Å². The summed E-state index contributed by atoms with van der Waals surface area (Å²) in [5, 5.41) is 4.26. The summed E-state index contributed by atoms with van der Waals surface area (Å²) in [5.41, 5.74) is 1.60. The fraction of sp³-hybridized carbons (Fsp3) is 0.333. The van der Waals surface area contributed by atoms with Crippen LogP contribution in [-0.4, -0.2) is 58.5 Å². The summed E-state index contributed by atoms with van der Waals surface area (Å²) >= 11 is 7.30. The zero-order chi connectivity index (χ0) is 21.1. The van der Waals surface area contributed by atoms with Crippen LogP contribution in [0.1, 0.15) is 22.3 Å². The van der Waals surface area contributed by atoms with Crippen molar-refractivity contribution in [3.05, 3.63) is 52.1 Å². The number of carbonyl (C=O) groups is 1. The van der Waals surface area contributed by atoms with Gasteiger partial charge in [0.1, 0.15) is 15.7 Å². The van der Waals surface area contributed by atoms with Gasteiger partial charge in [-0.3, -0.25) is 10.1 Å². The van der Waals surface area contributed by atoms with Gasteiger partial charge in [0, 0.05) is 43.0 Å². The van der Waals surface area contributed by atoms with Crippen molar-refractivity contribution in [3.63, 3.8) is 0 Å². The predicted octanol–water partition coefficient (Wildman–Crippen LogP) is 3.96. The summed E-state index contributed by atoms with van der Waals surface area (Å²) in [6.07, 6.45) is 1.68. The number of aromatic nitrogens is 3. The first kappa shape index (κ1) is 20.7. The monoisotopic (exact) mass is 442 g/mol. The van der Waals surface area contributed by atoms with Crippen LogP contribution in [0, 0.1) is 6.92 Å². The third kappa shape index (κ3) is 4.61. The number of aryl methyl sites for hydroxylation is 1. The van der Waals surface area contributed by atoms with Gasteiger partial charge < -0.3 is 9.80 Å². The highest BCUT2D eigenvalue weighted by molar-refractivity contribution is 7.17. The van der Waals surface area contributed by atoms with Crippen LogP contribution in [0.15, 0.2) is 36.5 Å². The second-order valence-corrected chi connectivity index (χ2v) is 8.49. The van der Waals surface area contributed by atoms with Crippen LogP contribution in [0.5, 0.6) is 0 Å². The van der Waals surface area contributed by atoms with Gasteiger partial charge in [0.05, 0.1) is 5.69 Å². The lowest BCUT2D eigenvalue weighted by molar-refractivity contribution is 0.102. The molecule has 2 aromatic heterocycles. The first-order valence-electron chi connectivity index (χ1n) is 9.88. The molecule has 0 unspecified atom stereocenters. The van der Waals surface area contributed by atoms with Crippen molar-refractivity contribution in [2.75, 3.05) is 42.9 Å². The minimum Gasteiger partial charge on any atom is -0.354 e. The molecule has 1 amide bonds. The number of benzene rings is 1. The van der Waals surface area contributed by atoms with Crippen LogP contribution in [-0.2, 0) is 0 Å². The minimum absolute atomic E-state index is 0.252. The Kier molecular flexibility index (Phi) is 6.26. The molecule has 156 valence electrons. The zero-order valence-electron chi connectivity index (χ0n) is 16.9. The topological polar surface area (TPSA) is 74.2 Å². The van der Waals surface area contributed by atoms with Crippen molar-refractivity contribution < 1.29 is 4.79 Å². The maximum absolute atomic E-state index is 12.8. The van der Waals surface area contributed by atoms with Crippen molar-refractivity contribution in [1.82, 2.24) is 19.9 Å². The largest absolute Gasteiger partial charge is 0.354 e. The Balaban J connectivity index is 1.47. The number of anilines is 2. The Morgan fingerprint density at radius 2 is 1.87 bits per heavy atom. The highest BCUT2D eigenvalue weighted by Gasteiger charge is 2.20. The molecule has 3 aromatic rings. The predicted molar refractivity (Wildman–Crippen MR) is 122 cm³/mol. The molecule has 1 aromatic carbocycles. The standard InChI is InChI=1S/C21H23ClN6OS/c1-3-27-10-12-28(13-11-27)17-8-9-23-21(25-17)26-19(29)18-14(2)24-20(30-18)15-4-6-16(22)7-5-15/h4-9H,3,10-13H2,1-2H3,(H,23,25,26,29). The van der Waals surface area contributed by atoms with Gasteiger partial charge in [-0.15, -0.1) is 11.3 Å². The highest BCUT2D eigenvalue weighted by Crippen LogP contribution is 2.29. The number of hydrogen-bond acceptors (Lipinski definition) is 7. The fourth-order valence-electron chi connectivity index (χ4n) is 3.36. The fourth-order valence-corrected chi connectivity index (χ4v) is 4.45. The summed E-state index contributed by atoms with van der Waals surface area (Å²) < 4.78 is 0. The van der Waals surface area contributed by atoms with E-state index < -0.39 is 0 Å². The smallest absolute Gasteiger partial charge is 0.270 e. The summed E-state index contributed by atoms with van der Waals surface area (Å²) in [7, 11) is 0. The summed E-state index contributed by atoms with van der Waals surface area (Å²) in [6.45, 7) is 8.91. The second kappa shape index (κ2) is 9.07. The molecule has 1 aliphatic rings. The van der Waals surface area contributed by atoms with Crippen LogP contribution < -0.4 is 10.2 Å². The number of hydrogen-bond donors (Lipinski definition) is 1. The first-order chi connectivity index (χ1) is 14.5. The van der Waals surface area contributed by atoms with Crippen LogP contribution >= 0.6 is 22.9 Å². The number of thiazole rings is 1. The molecule has 30 heavy (non-hydrogen) atoms. The van der Waals surface area contributed by atoms with Crippen molar-refractivity contribution in [2.24, 2.45) is 0 Å². The van der Waals surface area contributed by atoms with Crippen molar-refractivity contribution in [1.29, 1.82) is 0 Å². The number of nitrogens with zero attached hydrogens (tertiary/aromatic N) is 5. The third-order valence-electron chi connectivity index (χ3n) is 5.10. The van der Waals surface area contributed by atoms with Gasteiger partial charge >= 0.3 is 0 Å². The van der Waals surface area contributed by atoms with Gasteiger partial charge in [-0.05, 0) is 31.7 Å². The van der Waals surface area contributed by atoms with E-state index in [0.29, 0.717) is 21.5 Å². The number of nitrogens with one attached hydrogen (secondary N) is 1. The number of likely N-dealkylation sites (N-methyl/N-ethyl adjacent to an activating group) is 1. The third-order valence-corrected chi connectivity index (χ3v) is 6.56. The SMILES string of the molecule is CCN1CCN(c2ccnc(NC(=O)c3sc(-c4ccc(Cl)cc4)nc3C)n2)CC1. The molecule has 9 heteroatoms. The molecular weight excluding hydrogens is 420 g/mol. The Morgan fingerprint density at radius 3 is 2.57 bits per heavy atom. The van der Waals surface area contributed by atoms with Gasteiger partial charge in [0.25, 0.3) is 5.91 Å². The maximum Gasteiger partial charge on any atom is 0.270 e. The molecule has 0 spiro atoms. The van der Waals surface area contributed by atoms with Gasteiger partial charge in [0.15, 0.2) is 0 Å². The van der Waals surface area contributed by atoms with E-state index in [0.717, 1.165) is 49.1 Å². The Morgan fingerprint density at radius 1 is 1.13 bits per heavy atom. The lowest BCUT2D eigenvalue weighted by Gasteiger charge is -2.34. The summed E-state index contributed by atoms with van der Waals surface area (Å²) in [5.74, 6) is 0.883. The molecule has 1 saturated heterocycles. The molecule has 0 radical (unpaired) electrons. The normalized spacial score (nSPS) is 14.7. The van der Waals surface area contributed by atoms with Gasteiger partial charge in [-0.25, -0.2) is 9.97 Å². The van der Waals surface area contributed by atoms with Crippen LogP contribution in [0.2, 0.25) is 5.02 Å². The molecule has 1 N–H and O–H groups in total. The number of amides is 1. The molecule has 0 aliphatic carbocycles. The minimum atomic E-state index is -0.252. The molecule has 3 heterocycles. The van der Waals surface area contributed by atoms with Gasteiger partial charge in [0.2, 0.25) is 5.95 Å². The Bertz CT molecular complexity index is 1030. The van der Waals surface area contributed by atoms with E-state index in [1.807, 2.05) is 37.3 Å². The van der Waals surface area contributed by atoms with E-state index >= 15 is 0 Å². The van der Waals surface area contributed by atoms with E-state index in [-0.39, 0.29) is 5.91 Å². The number of piperazine rings is 1. The number of halogens is 1. The second-order valence-electron chi connectivity index (χ2n) is 7.05. The lowest BCUT2D eigenvalue weighted by atomic mass is 10.2. The molecule has 7 nitrogen and oxygen atoms in total. The summed E-state index contributed by atoms with van der Waals surface area (Å²) in [6, 6.07) is 9.30. The van der Waals surface area contributed by atoms with Crippen LogP contribution in [0.4, 0.5) is 11.8 Å². The van der Waals surface area contributed by atoms with E-state index in [1.165, 1.54) is 11.3 Å². The van der Waals surface area contributed by atoms with Crippen molar-refractivity contribution in [3.8, 4) is 10.6 Å². The first-order valence-corrected chi connectivity index (χ1v) is 11.1. The van der Waals surface area contributed by atoms with E-state index in [2.05, 4.69) is 37.0 Å². The van der Waals surface area contributed by atoms with Crippen LogP contribution in [0.3, 0.4) is 0 Å². The average molecular weight is 443 g/mol. The van der Waals surface area contributed by atoms with Crippen molar-refractivity contribution >= 4 is 40.6 Å². The molecule has 0 bridgehead atoms. The van der Waals surface area contributed by atoms with Gasteiger partial charge in [-0.2, -0.15) is 4.98 Å². The van der Waals surface area contributed by atoms with Crippen molar-refractivity contribution in [2.45, 2.75) is 13.8 Å². The number of rotatable bonds is 5. The number of carbonyl (C=O) groups excluding carboxylic acids is 1. The molecule has 4 rings (SSSR count).